The first-order valence-corrected chi connectivity index (χ1v) is 6.07. The van der Waals surface area contributed by atoms with Gasteiger partial charge in [0, 0.05) is 5.56 Å². The topological polar surface area (TPSA) is 53.2 Å². The van der Waals surface area contributed by atoms with E-state index in [4.69, 9.17) is 9.84 Å². The first kappa shape index (κ1) is 12.1. The number of aryl methyl sites for hydroxylation is 1. The number of hydrogen-bond acceptors (Lipinski definition) is 3. The lowest BCUT2D eigenvalue weighted by molar-refractivity contribution is -0.0288. The fourth-order valence-electron chi connectivity index (χ4n) is 2.47. The lowest BCUT2D eigenvalue weighted by Gasteiger charge is -2.27. The average molecular weight is 231 g/mol. The van der Waals surface area contributed by atoms with E-state index in [2.05, 4.69) is 12.1 Å². The van der Waals surface area contributed by atoms with Crippen LogP contribution in [-0.2, 0) is 16.8 Å². The van der Waals surface area contributed by atoms with Crippen molar-refractivity contribution < 1.29 is 9.84 Å². The van der Waals surface area contributed by atoms with Gasteiger partial charge in [-0.05, 0) is 31.2 Å². The minimum Gasteiger partial charge on any atom is -0.394 e. The Balaban J connectivity index is 2.41. The number of fused-ring (bicyclic) bond motifs is 1. The second kappa shape index (κ2) is 5.31. The molecule has 1 aliphatic carbocycles. The van der Waals surface area contributed by atoms with Crippen molar-refractivity contribution in [1.29, 1.82) is 5.26 Å². The highest BCUT2D eigenvalue weighted by molar-refractivity contribution is 5.38. The van der Waals surface area contributed by atoms with Crippen LogP contribution in [0.4, 0.5) is 0 Å². The van der Waals surface area contributed by atoms with E-state index < -0.39 is 5.60 Å². The van der Waals surface area contributed by atoms with E-state index in [0.717, 1.165) is 24.8 Å². The molecule has 0 spiro atoms. The largest absolute Gasteiger partial charge is 0.394 e. The number of nitriles is 1. The van der Waals surface area contributed by atoms with Crippen LogP contribution in [0.2, 0.25) is 0 Å². The highest BCUT2D eigenvalue weighted by Crippen LogP contribution is 2.36. The molecule has 2 rings (SSSR count). The van der Waals surface area contributed by atoms with Gasteiger partial charge in [-0.2, -0.15) is 5.26 Å². The number of ether oxygens (including phenoxy) is 1. The molecular weight excluding hydrogens is 214 g/mol. The molecule has 0 saturated carbocycles. The van der Waals surface area contributed by atoms with Gasteiger partial charge < -0.3 is 9.84 Å². The summed E-state index contributed by atoms with van der Waals surface area (Å²) < 4.78 is 5.66. The summed E-state index contributed by atoms with van der Waals surface area (Å²) in [4.78, 5) is 0. The Labute approximate surface area is 102 Å². The Kier molecular flexibility index (Phi) is 3.78. The maximum atomic E-state index is 9.48. The van der Waals surface area contributed by atoms with Gasteiger partial charge in [0.1, 0.15) is 6.07 Å². The monoisotopic (exact) mass is 231 g/mol. The highest BCUT2D eigenvalue weighted by Gasteiger charge is 2.36. The van der Waals surface area contributed by atoms with E-state index in [0.29, 0.717) is 6.42 Å². The Bertz CT molecular complexity index is 424. The smallest absolute Gasteiger partial charge is 0.179 e. The zero-order valence-corrected chi connectivity index (χ0v) is 9.85. The van der Waals surface area contributed by atoms with Crippen molar-refractivity contribution in [3.05, 3.63) is 35.4 Å². The van der Waals surface area contributed by atoms with Crippen molar-refractivity contribution in [2.45, 2.75) is 31.3 Å². The molecule has 0 fully saturated rings. The first-order chi connectivity index (χ1) is 8.32. The molecule has 1 aromatic carbocycles. The van der Waals surface area contributed by atoms with Crippen molar-refractivity contribution in [3.63, 3.8) is 0 Å². The molecule has 1 aliphatic rings. The summed E-state index contributed by atoms with van der Waals surface area (Å²) in [5.41, 5.74) is 1.31. The van der Waals surface area contributed by atoms with Crippen molar-refractivity contribution >= 4 is 0 Å². The molecule has 0 bridgehead atoms. The molecule has 0 radical (unpaired) electrons. The maximum absolute atomic E-state index is 9.48. The number of aliphatic hydroxyl groups excluding tert-OH is 1. The fraction of sp³-hybridized carbons (Fsp3) is 0.500. The SMILES string of the molecule is N#CC1(OCCO)CCCCc2ccccc21. The molecule has 90 valence electrons. The summed E-state index contributed by atoms with van der Waals surface area (Å²) in [7, 11) is 0. The van der Waals surface area contributed by atoms with E-state index in [1.165, 1.54) is 5.56 Å². The zero-order chi connectivity index (χ0) is 12.1. The van der Waals surface area contributed by atoms with Crippen LogP contribution in [0.1, 0.15) is 30.4 Å². The number of aliphatic hydroxyl groups is 1. The van der Waals surface area contributed by atoms with Gasteiger partial charge in [-0.15, -0.1) is 0 Å². The van der Waals surface area contributed by atoms with Gasteiger partial charge in [0.25, 0.3) is 0 Å². The summed E-state index contributed by atoms with van der Waals surface area (Å²) in [5.74, 6) is 0. The Morgan fingerprint density at radius 3 is 2.94 bits per heavy atom. The van der Waals surface area contributed by atoms with E-state index >= 15 is 0 Å². The normalized spacial score (nSPS) is 23.5. The van der Waals surface area contributed by atoms with Gasteiger partial charge in [0.2, 0.25) is 0 Å². The van der Waals surface area contributed by atoms with Crippen molar-refractivity contribution in [2.75, 3.05) is 13.2 Å². The van der Waals surface area contributed by atoms with Gasteiger partial charge in [-0.3, -0.25) is 0 Å². The lowest BCUT2D eigenvalue weighted by Crippen LogP contribution is -2.29. The van der Waals surface area contributed by atoms with Crippen LogP contribution in [0.25, 0.3) is 0 Å². The third-order valence-electron chi connectivity index (χ3n) is 3.30. The second-order valence-electron chi connectivity index (χ2n) is 4.38. The van der Waals surface area contributed by atoms with E-state index in [1.807, 2.05) is 18.2 Å². The number of nitrogens with zero attached hydrogens (tertiary/aromatic N) is 1. The number of benzene rings is 1. The standard InChI is InChI=1S/C14H17NO2/c15-11-14(17-10-9-16)8-4-3-6-12-5-1-2-7-13(12)14/h1-2,5,7,16H,3-4,6,8-10H2. The quantitative estimate of drug-likeness (QED) is 0.811. The van der Waals surface area contributed by atoms with Crippen LogP contribution >= 0.6 is 0 Å². The summed E-state index contributed by atoms with van der Waals surface area (Å²) in [5, 5.41) is 18.4. The summed E-state index contributed by atoms with van der Waals surface area (Å²) in [6.07, 6.45) is 3.78. The van der Waals surface area contributed by atoms with Crippen molar-refractivity contribution in [1.82, 2.24) is 0 Å². The number of rotatable bonds is 3. The van der Waals surface area contributed by atoms with Crippen molar-refractivity contribution in [2.24, 2.45) is 0 Å². The van der Waals surface area contributed by atoms with Crippen LogP contribution < -0.4 is 0 Å². The molecule has 1 atom stereocenters. The fourth-order valence-corrected chi connectivity index (χ4v) is 2.47. The molecular formula is C14H17NO2. The van der Waals surface area contributed by atoms with Gasteiger partial charge in [0.05, 0.1) is 13.2 Å². The summed E-state index contributed by atoms with van der Waals surface area (Å²) in [6.45, 7) is 0.160. The molecule has 3 heteroatoms. The summed E-state index contributed by atoms with van der Waals surface area (Å²) >= 11 is 0. The molecule has 0 heterocycles. The van der Waals surface area contributed by atoms with E-state index in [-0.39, 0.29) is 13.2 Å². The van der Waals surface area contributed by atoms with Crippen LogP contribution in [-0.4, -0.2) is 18.3 Å². The van der Waals surface area contributed by atoms with Crippen molar-refractivity contribution in [3.8, 4) is 6.07 Å². The minimum atomic E-state index is -0.865. The van der Waals surface area contributed by atoms with Crippen LogP contribution in [0.15, 0.2) is 24.3 Å². The summed E-state index contributed by atoms with van der Waals surface area (Å²) in [6, 6.07) is 10.3. The molecule has 0 aliphatic heterocycles. The lowest BCUT2D eigenvalue weighted by atomic mass is 9.89. The molecule has 0 aromatic heterocycles. The Morgan fingerprint density at radius 1 is 1.35 bits per heavy atom. The van der Waals surface area contributed by atoms with Gasteiger partial charge in [0.15, 0.2) is 5.60 Å². The molecule has 3 nitrogen and oxygen atoms in total. The van der Waals surface area contributed by atoms with Crippen LogP contribution in [0, 0.1) is 11.3 Å². The van der Waals surface area contributed by atoms with E-state index in [9.17, 15) is 5.26 Å². The Hall–Kier alpha value is -1.37. The molecule has 0 amide bonds. The molecule has 17 heavy (non-hydrogen) atoms. The maximum Gasteiger partial charge on any atom is 0.179 e. The Morgan fingerprint density at radius 2 is 2.18 bits per heavy atom. The molecule has 0 saturated heterocycles. The highest BCUT2D eigenvalue weighted by atomic mass is 16.5. The zero-order valence-electron chi connectivity index (χ0n) is 9.85. The van der Waals surface area contributed by atoms with Gasteiger partial charge in [-0.25, -0.2) is 0 Å². The van der Waals surface area contributed by atoms with Gasteiger partial charge >= 0.3 is 0 Å². The van der Waals surface area contributed by atoms with Gasteiger partial charge in [-0.1, -0.05) is 24.3 Å². The second-order valence-corrected chi connectivity index (χ2v) is 4.38. The third-order valence-corrected chi connectivity index (χ3v) is 3.30. The first-order valence-electron chi connectivity index (χ1n) is 6.07. The van der Waals surface area contributed by atoms with Crippen LogP contribution in [0.3, 0.4) is 0 Å². The molecule has 1 unspecified atom stereocenters. The predicted molar refractivity (Wildman–Crippen MR) is 64.3 cm³/mol. The predicted octanol–water partition coefficient (Wildman–Crippen LogP) is 2.14. The van der Waals surface area contributed by atoms with E-state index in [1.54, 1.807) is 0 Å². The van der Waals surface area contributed by atoms with Crippen LogP contribution in [0.5, 0.6) is 0 Å². The third kappa shape index (κ3) is 2.33. The number of hydrogen-bond donors (Lipinski definition) is 1. The molecule has 1 N–H and O–H groups in total. The molecule has 1 aromatic rings. The average Bonchev–Trinajstić information content (AvgIpc) is 2.57. The minimum absolute atomic E-state index is 0.0500.